The highest BCUT2D eigenvalue weighted by atomic mass is 16.2. The van der Waals surface area contributed by atoms with Gasteiger partial charge in [-0.15, -0.1) is 0 Å². The van der Waals surface area contributed by atoms with E-state index in [1.807, 2.05) is 39.1 Å². The minimum atomic E-state index is -0.114. The molecule has 0 saturated carbocycles. The standard InChI is InChI=1S/C25H30N4O2/c1-16(2)24(30)26-13-20-14-27-29(15-20)22-9-7-21(8-10-22)25(31)28-19(5)23-11-6-17(3)12-18(23)4/h6-12,14-16,19H,13H2,1-5H3,(H,26,30)(H,28,31)/t19-/m0/s1. The van der Waals surface area contributed by atoms with Gasteiger partial charge in [-0.2, -0.15) is 5.10 Å². The number of aromatic nitrogens is 2. The van der Waals surface area contributed by atoms with E-state index in [9.17, 15) is 9.59 Å². The Hall–Kier alpha value is -3.41. The minimum Gasteiger partial charge on any atom is -0.352 e. The van der Waals surface area contributed by atoms with E-state index in [1.54, 1.807) is 23.0 Å². The lowest BCUT2D eigenvalue weighted by Crippen LogP contribution is -2.27. The first-order valence-corrected chi connectivity index (χ1v) is 10.5. The van der Waals surface area contributed by atoms with Crippen LogP contribution in [0.1, 0.15) is 59.4 Å². The Labute approximate surface area is 183 Å². The fourth-order valence-corrected chi connectivity index (χ4v) is 3.42. The molecule has 0 saturated heterocycles. The van der Waals surface area contributed by atoms with Crippen molar-refractivity contribution in [3.8, 4) is 5.69 Å². The molecule has 1 aromatic heterocycles. The van der Waals surface area contributed by atoms with Crippen LogP contribution in [0.3, 0.4) is 0 Å². The predicted octanol–water partition coefficient (Wildman–Crippen LogP) is 4.25. The maximum Gasteiger partial charge on any atom is 0.251 e. The number of nitrogens with one attached hydrogen (secondary N) is 2. The van der Waals surface area contributed by atoms with Crippen LogP contribution >= 0.6 is 0 Å². The summed E-state index contributed by atoms with van der Waals surface area (Å²) in [5.41, 5.74) is 5.85. The van der Waals surface area contributed by atoms with Crippen LogP contribution in [0.4, 0.5) is 0 Å². The van der Waals surface area contributed by atoms with E-state index in [1.165, 1.54) is 11.1 Å². The summed E-state index contributed by atoms with van der Waals surface area (Å²) in [4.78, 5) is 24.4. The average Bonchev–Trinajstić information content (AvgIpc) is 3.20. The number of carbonyl (C=O) groups excluding carboxylic acids is 2. The zero-order valence-corrected chi connectivity index (χ0v) is 18.8. The summed E-state index contributed by atoms with van der Waals surface area (Å²) in [6.07, 6.45) is 3.60. The van der Waals surface area contributed by atoms with Crippen molar-refractivity contribution in [3.63, 3.8) is 0 Å². The minimum absolute atomic E-state index is 0.0122. The second-order valence-corrected chi connectivity index (χ2v) is 8.27. The van der Waals surface area contributed by atoms with Crippen molar-refractivity contribution in [3.05, 3.63) is 82.7 Å². The Morgan fingerprint density at radius 3 is 2.39 bits per heavy atom. The number of aryl methyl sites for hydroxylation is 2. The summed E-state index contributed by atoms with van der Waals surface area (Å²) < 4.78 is 1.73. The molecule has 0 radical (unpaired) electrons. The molecule has 162 valence electrons. The van der Waals surface area contributed by atoms with Crippen LogP contribution in [0.15, 0.2) is 54.9 Å². The van der Waals surface area contributed by atoms with Gasteiger partial charge in [0.2, 0.25) is 5.91 Å². The van der Waals surface area contributed by atoms with E-state index in [0.717, 1.165) is 16.8 Å². The summed E-state index contributed by atoms with van der Waals surface area (Å²) in [6, 6.07) is 13.5. The van der Waals surface area contributed by atoms with Crippen molar-refractivity contribution < 1.29 is 9.59 Å². The van der Waals surface area contributed by atoms with Gasteiger partial charge in [0.05, 0.1) is 17.9 Å². The predicted molar refractivity (Wildman–Crippen MR) is 122 cm³/mol. The molecule has 3 aromatic rings. The first kappa shape index (κ1) is 22.3. The Bertz CT molecular complexity index is 1070. The lowest BCUT2D eigenvalue weighted by molar-refractivity contribution is -0.124. The topological polar surface area (TPSA) is 76.0 Å². The molecule has 31 heavy (non-hydrogen) atoms. The van der Waals surface area contributed by atoms with Gasteiger partial charge in [0.1, 0.15) is 0 Å². The third kappa shape index (κ3) is 5.60. The number of hydrogen-bond donors (Lipinski definition) is 2. The number of nitrogens with zero attached hydrogens (tertiary/aromatic N) is 2. The molecule has 0 spiro atoms. The first-order chi connectivity index (χ1) is 14.7. The fourth-order valence-electron chi connectivity index (χ4n) is 3.42. The van der Waals surface area contributed by atoms with Gasteiger partial charge in [-0.25, -0.2) is 4.68 Å². The molecule has 0 unspecified atom stereocenters. The molecule has 1 atom stereocenters. The number of benzene rings is 2. The monoisotopic (exact) mass is 418 g/mol. The normalized spacial score (nSPS) is 11.9. The van der Waals surface area contributed by atoms with Crippen LogP contribution in [-0.2, 0) is 11.3 Å². The smallest absolute Gasteiger partial charge is 0.251 e. The Morgan fingerprint density at radius 1 is 1.03 bits per heavy atom. The SMILES string of the molecule is Cc1ccc([C@H](C)NC(=O)c2ccc(-n3cc(CNC(=O)C(C)C)cn3)cc2)c(C)c1. The molecule has 0 aliphatic heterocycles. The molecule has 2 amide bonds. The van der Waals surface area contributed by atoms with Crippen molar-refractivity contribution in [2.45, 2.75) is 47.2 Å². The summed E-state index contributed by atoms with van der Waals surface area (Å²) in [7, 11) is 0. The first-order valence-electron chi connectivity index (χ1n) is 10.5. The van der Waals surface area contributed by atoms with Gasteiger partial charge in [-0.3, -0.25) is 9.59 Å². The van der Waals surface area contributed by atoms with E-state index in [0.29, 0.717) is 12.1 Å². The summed E-state index contributed by atoms with van der Waals surface area (Å²) in [5.74, 6) is -0.152. The second kappa shape index (κ2) is 9.60. The fraction of sp³-hybridized carbons (Fsp3) is 0.320. The van der Waals surface area contributed by atoms with Crippen LogP contribution in [0.25, 0.3) is 5.69 Å². The zero-order valence-electron chi connectivity index (χ0n) is 18.8. The van der Waals surface area contributed by atoms with Gasteiger partial charge in [-0.05, 0) is 56.2 Å². The van der Waals surface area contributed by atoms with Crippen molar-refractivity contribution in [1.82, 2.24) is 20.4 Å². The molecule has 2 N–H and O–H groups in total. The number of carbonyl (C=O) groups is 2. The van der Waals surface area contributed by atoms with Crippen molar-refractivity contribution in [2.24, 2.45) is 5.92 Å². The van der Waals surface area contributed by atoms with E-state index < -0.39 is 0 Å². The van der Waals surface area contributed by atoms with E-state index >= 15 is 0 Å². The van der Waals surface area contributed by atoms with Crippen LogP contribution in [-0.4, -0.2) is 21.6 Å². The Kier molecular flexibility index (Phi) is 6.90. The molecule has 0 bridgehead atoms. The average molecular weight is 419 g/mol. The van der Waals surface area contributed by atoms with Gasteiger partial charge < -0.3 is 10.6 Å². The quantitative estimate of drug-likeness (QED) is 0.602. The summed E-state index contributed by atoms with van der Waals surface area (Å²) in [5, 5.41) is 10.3. The maximum absolute atomic E-state index is 12.7. The van der Waals surface area contributed by atoms with E-state index in [-0.39, 0.29) is 23.8 Å². The third-order valence-corrected chi connectivity index (χ3v) is 5.26. The molecule has 0 aliphatic rings. The second-order valence-electron chi connectivity index (χ2n) is 8.27. The molecule has 0 aliphatic carbocycles. The van der Waals surface area contributed by atoms with Crippen molar-refractivity contribution >= 4 is 11.8 Å². The lowest BCUT2D eigenvalue weighted by Gasteiger charge is -2.17. The van der Waals surface area contributed by atoms with Crippen LogP contribution < -0.4 is 10.6 Å². The van der Waals surface area contributed by atoms with Gasteiger partial charge in [0.25, 0.3) is 5.91 Å². The van der Waals surface area contributed by atoms with Gasteiger partial charge in [-0.1, -0.05) is 37.6 Å². The van der Waals surface area contributed by atoms with Crippen LogP contribution in [0.2, 0.25) is 0 Å². The van der Waals surface area contributed by atoms with Crippen LogP contribution in [0, 0.1) is 19.8 Å². The number of hydrogen-bond acceptors (Lipinski definition) is 3. The highest BCUT2D eigenvalue weighted by Crippen LogP contribution is 2.19. The van der Waals surface area contributed by atoms with Crippen molar-refractivity contribution in [2.75, 3.05) is 0 Å². The van der Waals surface area contributed by atoms with Gasteiger partial charge in [0.15, 0.2) is 0 Å². The molecule has 6 heteroatoms. The zero-order chi connectivity index (χ0) is 22.5. The number of amides is 2. The highest BCUT2D eigenvalue weighted by Gasteiger charge is 2.14. The molecule has 0 fully saturated rings. The van der Waals surface area contributed by atoms with Gasteiger partial charge >= 0.3 is 0 Å². The molecule has 2 aromatic carbocycles. The lowest BCUT2D eigenvalue weighted by atomic mass is 10.00. The summed E-state index contributed by atoms with van der Waals surface area (Å²) >= 11 is 0. The van der Waals surface area contributed by atoms with Crippen molar-refractivity contribution in [1.29, 1.82) is 0 Å². The molecular formula is C25H30N4O2. The molecule has 3 rings (SSSR count). The van der Waals surface area contributed by atoms with Gasteiger partial charge in [0, 0.05) is 29.8 Å². The molecular weight excluding hydrogens is 388 g/mol. The van der Waals surface area contributed by atoms with E-state index in [4.69, 9.17) is 0 Å². The van der Waals surface area contributed by atoms with E-state index in [2.05, 4.69) is 47.8 Å². The molecule has 6 nitrogen and oxygen atoms in total. The maximum atomic E-state index is 12.7. The Balaban J connectivity index is 1.63. The highest BCUT2D eigenvalue weighted by molar-refractivity contribution is 5.94. The van der Waals surface area contributed by atoms with Crippen LogP contribution in [0.5, 0.6) is 0 Å². The summed E-state index contributed by atoms with van der Waals surface area (Å²) in [6.45, 7) is 10.3. The molecule has 1 heterocycles. The number of rotatable bonds is 7. The Morgan fingerprint density at radius 2 is 1.74 bits per heavy atom. The largest absolute Gasteiger partial charge is 0.352 e. The third-order valence-electron chi connectivity index (χ3n) is 5.26.